The third-order valence-electron chi connectivity index (χ3n) is 3.11. The van der Waals surface area contributed by atoms with Crippen LogP contribution in [-0.4, -0.2) is 32.1 Å². The lowest BCUT2D eigenvalue weighted by molar-refractivity contribution is 0.0972. The highest BCUT2D eigenvalue weighted by Crippen LogP contribution is 2.26. The Kier molecular flexibility index (Phi) is 4.37. The number of carbonyl (C=O) groups excluding carboxylic acids is 1. The van der Waals surface area contributed by atoms with Crippen LogP contribution >= 0.6 is 0 Å². The molecule has 0 fully saturated rings. The monoisotopic (exact) mass is 247 g/mol. The Labute approximate surface area is 109 Å². The summed E-state index contributed by atoms with van der Waals surface area (Å²) in [5.41, 5.74) is 1.91. The summed E-state index contributed by atoms with van der Waals surface area (Å²) in [6.07, 6.45) is 0.612. The predicted molar refractivity (Wildman–Crippen MR) is 73.3 cm³/mol. The number of hydrogen-bond acceptors (Lipinski definition) is 3. The lowest BCUT2D eigenvalue weighted by Crippen LogP contribution is -2.34. The van der Waals surface area contributed by atoms with Crippen LogP contribution in [0.1, 0.15) is 30.6 Å². The summed E-state index contributed by atoms with van der Waals surface area (Å²) in [4.78, 5) is 14.0. The molecule has 18 heavy (non-hydrogen) atoms. The van der Waals surface area contributed by atoms with Gasteiger partial charge in [-0.05, 0) is 18.1 Å². The molecule has 0 aromatic heterocycles. The molecule has 0 N–H and O–H groups in total. The van der Waals surface area contributed by atoms with Gasteiger partial charge in [0.1, 0.15) is 0 Å². The molecule has 0 spiro atoms. The number of nitrogens with zero attached hydrogens (tertiary/aromatic N) is 1. The fraction of sp³-hybridized carbons (Fsp3) is 0.533. The number of hydrogen-bond donors (Lipinski definition) is 0. The molecule has 1 aliphatic rings. The number of benzene rings is 1. The lowest BCUT2D eigenvalue weighted by Gasteiger charge is -2.30. The number of rotatable bonds is 5. The number of carbonyl (C=O) groups is 1. The van der Waals surface area contributed by atoms with Gasteiger partial charge in [-0.3, -0.25) is 4.79 Å². The fourth-order valence-electron chi connectivity index (χ4n) is 2.20. The maximum atomic E-state index is 11.8. The van der Waals surface area contributed by atoms with Crippen molar-refractivity contribution >= 4 is 11.5 Å². The summed E-state index contributed by atoms with van der Waals surface area (Å²) < 4.78 is 5.61. The summed E-state index contributed by atoms with van der Waals surface area (Å²) in [5, 5.41) is 0. The Balaban J connectivity index is 1.95. The molecule has 1 aliphatic heterocycles. The van der Waals surface area contributed by atoms with E-state index in [9.17, 15) is 4.79 Å². The standard InChI is InChI=1S/C15H21NO2/c1-12(2)11-18-10-9-16-8-7-15(17)13-5-3-4-6-14(13)16/h3-6,12H,7-11H2,1-2H3. The van der Waals surface area contributed by atoms with Gasteiger partial charge in [0.15, 0.2) is 5.78 Å². The quantitative estimate of drug-likeness (QED) is 0.749. The Morgan fingerprint density at radius 3 is 2.89 bits per heavy atom. The molecule has 98 valence electrons. The smallest absolute Gasteiger partial charge is 0.166 e. The van der Waals surface area contributed by atoms with Gasteiger partial charge in [-0.2, -0.15) is 0 Å². The first-order valence-corrected chi connectivity index (χ1v) is 6.63. The van der Waals surface area contributed by atoms with Crippen LogP contribution in [0.5, 0.6) is 0 Å². The molecular formula is C15H21NO2. The van der Waals surface area contributed by atoms with Crippen molar-refractivity contribution < 1.29 is 9.53 Å². The summed E-state index contributed by atoms with van der Waals surface area (Å²) >= 11 is 0. The topological polar surface area (TPSA) is 29.5 Å². The van der Waals surface area contributed by atoms with E-state index in [0.29, 0.717) is 12.3 Å². The molecule has 2 rings (SSSR count). The van der Waals surface area contributed by atoms with Gasteiger partial charge in [0.05, 0.1) is 6.61 Å². The third-order valence-corrected chi connectivity index (χ3v) is 3.11. The third kappa shape index (κ3) is 3.10. The molecule has 3 nitrogen and oxygen atoms in total. The van der Waals surface area contributed by atoms with Gasteiger partial charge in [-0.15, -0.1) is 0 Å². The van der Waals surface area contributed by atoms with Gasteiger partial charge in [0.25, 0.3) is 0 Å². The van der Waals surface area contributed by atoms with E-state index in [4.69, 9.17) is 4.74 Å². The average molecular weight is 247 g/mol. The Hall–Kier alpha value is -1.35. The molecule has 0 unspecified atom stereocenters. The lowest BCUT2D eigenvalue weighted by atomic mass is 10.0. The van der Waals surface area contributed by atoms with Crippen LogP contribution in [-0.2, 0) is 4.74 Å². The highest BCUT2D eigenvalue weighted by molar-refractivity contribution is 6.03. The maximum Gasteiger partial charge on any atom is 0.166 e. The molecular weight excluding hydrogens is 226 g/mol. The van der Waals surface area contributed by atoms with Crippen molar-refractivity contribution in [3.63, 3.8) is 0 Å². The molecule has 1 aromatic rings. The number of fused-ring (bicyclic) bond motifs is 1. The first kappa shape index (κ1) is 13.1. The predicted octanol–water partition coefficient (Wildman–Crippen LogP) is 2.75. The maximum absolute atomic E-state index is 11.8. The number of para-hydroxylation sites is 1. The zero-order chi connectivity index (χ0) is 13.0. The first-order chi connectivity index (χ1) is 8.68. The van der Waals surface area contributed by atoms with Crippen LogP contribution < -0.4 is 4.90 Å². The summed E-state index contributed by atoms with van der Waals surface area (Å²) in [6, 6.07) is 7.85. The van der Waals surface area contributed by atoms with Crippen molar-refractivity contribution in [1.82, 2.24) is 0 Å². The van der Waals surface area contributed by atoms with Gasteiger partial charge < -0.3 is 9.64 Å². The van der Waals surface area contributed by atoms with Gasteiger partial charge in [-0.25, -0.2) is 0 Å². The minimum absolute atomic E-state index is 0.255. The number of ether oxygens (including phenoxy) is 1. The molecule has 0 bridgehead atoms. The van der Waals surface area contributed by atoms with E-state index < -0.39 is 0 Å². The summed E-state index contributed by atoms with van der Waals surface area (Å²) in [6.45, 7) is 7.48. The van der Waals surface area contributed by atoms with Crippen LogP contribution in [0.15, 0.2) is 24.3 Å². The van der Waals surface area contributed by atoms with Crippen molar-refractivity contribution in [2.24, 2.45) is 5.92 Å². The summed E-state index contributed by atoms with van der Waals surface area (Å²) in [5.74, 6) is 0.824. The molecule has 1 aromatic carbocycles. The fourth-order valence-corrected chi connectivity index (χ4v) is 2.20. The Morgan fingerprint density at radius 2 is 2.11 bits per heavy atom. The Bertz CT molecular complexity index is 415. The minimum atomic E-state index is 0.255. The van der Waals surface area contributed by atoms with Crippen molar-refractivity contribution in [2.75, 3.05) is 31.2 Å². The minimum Gasteiger partial charge on any atom is -0.379 e. The van der Waals surface area contributed by atoms with E-state index in [1.54, 1.807) is 0 Å². The van der Waals surface area contributed by atoms with E-state index in [1.807, 2.05) is 24.3 Å². The van der Waals surface area contributed by atoms with Crippen molar-refractivity contribution in [3.05, 3.63) is 29.8 Å². The van der Waals surface area contributed by atoms with Crippen LogP contribution in [0, 0.1) is 5.92 Å². The van der Waals surface area contributed by atoms with Crippen LogP contribution in [0.3, 0.4) is 0 Å². The average Bonchev–Trinajstić information content (AvgIpc) is 2.37. The second-order valence-corrected chi connectivity index (χ2v) is 5.15. The number of ketones is 1. The van der Waals surface area contributed by atoms with E-state index in [-0.39, 0.29) is 5.78 Å². The normalized spacial score (nSPS) is 15.1. The highest BCUT2D eigenvalue weighted by Gasteiger charge is 2.21. The largest absolute Gasteiger partial charge is 0.379 e. The SMILES string of the molecule is CC(C)COCCN1CCC(=O)c2ccccc21. The first-order valence-electron chi connectivity index (χ1n) is 6.63. The van der Waals surface area contributed by atoms with E-state index >= 15 is 0 Å². The van der Waals surface area contributed by atoms with Crippen molar-refractivity contribution in [3.8, 4) is 0 Å². The molecule has 0 saturated carbocycles. The number of anilines is 1. The van der Waals surface area contributed by atoms with E-state index in [2.05, 4.69) is 18.7 Å². The molecule has 0 aliphatic carbocycles. The van der Waals surface area contributed by atoms with Gasteiger partial charge in [-0.1, -0.05) is 26.0 Å². The van der Waals surface area contributed by atoms with E-state index in [0.717, 1.165) is 37.6 Å². The Morgan fingerprint density at radius 1 is 1.33 bits per heavy atom. The molecule has 0 atom stereocenters. The zero-order valence-corrected chi connectivity index (χ0v) is 11.2. The van der Waals surface area contributed by atoms with E-state index in [1.165, 1.54) is 0 Å². The summed E-state index contributed by atoms with van der Waals surface area (Å²) in [7, 11) is 0. The van der Waals surface area contributed by atoms with Crippen LogP contribution in [0.25, 0.3) is 0 Å². The van der Waals surface area contributed by atoms with Gasteiger partial charge >= 0.3 is 0 Å². The van der Waals surface area contributed by atoms with Crippen molar-refractivity contribution in [1.29, 1.82) is 0 Å². The van der Waals surface area contributed by atoms with Crippen molar-refractivity contribution in [2.45, 2.75) is 20.3 Å². The second kappa shape index (κ2) is 6.01. The molecule has 3 heteroatoms. The molecule has 0 amide bonds. The highest BCUT2D eigenvalue weighted by atomic mass is 16.5. The van der Waals surface area contributed by atoms with Crippen LogP contribution in [0.4, 0.5) is 5.69 Å². The van der Waals surface area contributed by atoms with Crippen LogP contribution in [0.2, 0.25) is 0 Å². The zero-order valence-electron chi connectivity index (χ0n) is 11.2. The molecule has 0 radical (unpaired) electrons. The molecule has 0 saturated heterocycles. The van der Waals surface area contributed by atoms with Gasteiger partial charge in [0, 0.05) is 37.4 Å². The van der Waals surface area contributed by atoms with Gasteiger partial charge in [0.2, 0.25) is 0 Å². The molecule has 1 heterocycles. The second-order valence-electron chi connectivity index (χ2n) is 5.15. The number of Topliss-reactive ketones (excluding diaryl/α,β-unsaturated/α-hetero) is 1.